The van der Waals surface area contributed by atoms with E-state index in [1.54, 1.807) is 17.0 Å². The first-order valence-electron chi connectivity index (χ1n) is 8.27. The fourth-order valence-corrected chi connectivity index (χ4v) is 3.47. The fourth-order valence-electron chi connectivity index (χ4n) is 3.02. The van der Waals surface area contributed by atoms with Crippen molar-refractivity contribution in [1.82, 2.24) is 9.80 Å². The van der Waals surface area contributed by atoms with Gasteiger partial charge in [-0.15, -0.1) is 0 Å². The van der Waals surface area contributed by atoms with Gasteiger partial charge in [0.25, 0.3) is 5.91 Å². The minimum atomic E-state index is -4.33. The largest absolute Gasteiger partial charge is 0.416 e. The number of carbonyl (C=O) groups excluding carboxylic acids is 1. The van der Waals surface area contributed by atoms with Crippen LogP contribution in [0.1, 0.15) is 21.5 Å². The van der Waals surface area contributed by atoms with Gasteiger partial charge in [0, 0.05) is 37.2 Å². The van der Waals surface area contributed by atoms with E-state index in [0.717, 1.165) is 10.5 Å². The molecule has 2 aromatic rings. The third kappa shape index (κ3) is 4.45. The van der Waals surface area contributed by atoms with Crippen LogP contribution in [0.15, 0.2) is 53.0 Å². The Morgan fingerprint density at radius 1 is 1.00 bits per heavy atom. The van der Waals surface area contributed by atoms with Crippen LogP contribution in [0.2, 0.25) is 0 Å². The average Bonchev–Trinajstić information content (AvgIpc) is 2.62. The van der Waals surface area contributed by atoms with Gasteiger partial charge in [-0.25, -0.2) is 0 Å². The molecule has 3 rings (SSSR count). The molecule has 1 saturated heterocycles. The van der Waals surface area contributed by atoms with Crippen molar-refractivity contribution in [1.29, 1.82) is 0 Å². The first-order valence-corrected chi connectivity index (χ1v) is 9.06. The van der Waals surface area contributed by atoms with E-state index in [9.17, 15) is 18.0 Å². The van der Waals surface area contributed by atoms with Crippen molar-refractivity contribution in [3.63, 3.8) is 0 Å². The molecule has 2 aromatic carbocycles. The summed E-state index contributed by atoms with van der Waals surface area (Å²) < 4.78 is 39.2. The Bertz CT molecular complexity index is 786. The van der Waals surface area contributed by atoms with Gasteiger partial charge in [-0.3, -0.25) is 9.69 Å². The van der Waals surface area contributed by atoms with E-state index in [2.05, 4.69) is 20.8 Å². The van der Waals surface area contributed by atoms with Crippen molar-refractivity contribution in [2.45, 2.75) is 12.7 Å². The number of amides is 1. The first-order chi connectivity index (χ1) is 12.3. The minimum absolute atomic E-state index is 0.0313. The molecule has 3 nitrogen and oxygen atoms in total. The maximum atomic E-state index is 12.8. The lowest BCUT2D eigenvalue weighted by atomic mass is 10.1. The molecule has 1 amide bonds. The SMILES string of the molecule is O=C(c1ccccc1Br)N1CCN(Cc2cccc(C(F)(F)F)c2)CC1. The van der Waals surface area contributed by atoms with Gasteiger partial charge in [0.05, 0.1) is 11.1 Å². The Balaban J connectivity index is 1.59. The number of hydrogen-bond donors (Lipinski definition) is 0. The van der Waals surface area contributed by atoms with Crippen LogP contribution in [0, 0.1) is 0 Å². The highest BCUT2D eigenvalue weighted by Crippen LogP contribution is 2.29. The summed E-state index contributed by atoms with van der Waals surface area (Å²) in [5.74, 6) is -0.0313. The molecule has 0 aromatic heterocycles. The lowest BCUT2D eigenvalue weighted by Gasteiger charge is -2.35. The van der Waals surface area contributed by atoms with E-state index in [-0.39, 0.29) is 5.91 Å². The van der Waals surface area contributed by atoms with Gasteiger partial charge in [-0.1, -0.05) is 30.3 Å². The molecule has 7 heteroatoms. The maximum absolute atomic E-state index is 12.8. The molecule has 0 unspecified atom stereocenters. The summed E-state index contributed by atoms with van der Waals surface area (Å²) >= 11 is 3.39. The van der Waals surface area contributed by atoms with Crippen LogP contribution in [0.4, 0.5) is 13.2 Å². The van der Waals surface area contributed by atoms with Crippen LogP contribution in [0.3, 0.4) is 0 Å². The van der Waals surface area contributed by atoms with Crippen LogP contribution in [0.5, 0.6) is 0 Å². The van der Waals surface area contributed by atoms with Crippen molar-refractivity contribution < 1.29 is 18.0 Å². The summed E-state index contributed by atoms with van der Waals surface area (Å²) in [6.07, 6.45) is -4.33. The molecule has 0 radical (unpaired) electrons. The molecule has 1 aliphatic rings. The van der Waals surface area contributed by atoms with Crippen molar-refractivity contribution in [2.24, 2.45) is 0 Å². The molecule has 26 heavy (non-hydrogen) atoms. The lowest BCUT2D eigenvalue weighted by Crippen LogP contribution is -2.48. The van der Waals surface area contributed by atoms with Crippen LogP contribution in [0.25, 0.3) is 0 Å². The zero-order valence-electron chi connectivity index (χ0n) is 14.0. The summed E-state index contributed by atoms with van der Waals surface area (Å²) in [5, 5.41) is 0. The number of hydrogen-bond acceptors (Lipinski definition) is 2. The number of piperazine rings is 1. The smallest absolute Gasteiger partial charge is 0.336 e. The molecular formula is C19H18BrF3N2O. The Kier molecular flexibility index (Phi) is 5.67. The number of benzene rings is 2. The van der Waals surface area contributed by atoms with Crippen LogP contribution >= 0.6 is 15.9 Å². The summed E-state index contributed by atoms with van der Waals surface area (Å²) in [4.78, 5) is 16.4. The van der Waals surface area contributed by atoms with Gasteiger partial charge in [-0.2, -0.15) is 13.2 Å². The van der Waals surface area contributed by atoms with Crippen molar-refractivity contribution in [3.8, 4) is 0 Å². The van der Waals surface area contributed by atoms with Gasteiger partial charge in [-0.05, 0) is 39.7 Å². The number of alkyl halides is 3. The van der Waals surface area contributed by atoms with E-state index in [0.29, 0.717) is 43.9 Å². The number of halogens is 4. The van der Waals surface area contributed by atoms with Gasteiger partial charge in [0.1, 0.15) is 0 Å². The number of rotatable bonds is 3. The standard InChI is InChI=1S/C19H18BrF3N2O/c20-17-7-2-1-6-16(17)18(26)25-10-8-24(9-11-25)13-14-4-3-5-15(12-14)19(21,22)23/h1-7,12H,8-11,13H2. The molecular weight excluding hydrogens is 409 g/mol. The predicted octanol–water partition coefficient (Wildman–Crippen LogP) is 4.43. The second-order valence-electron chi connectivity index (χ2n) is 6.25. The Morgan fingerprint density at radius 2 is 1.69 bits per heavy atom. The van der Waals surface area contributed by atoms with E-state index in [1.807, 2.05) is 18.2 Å². The molecule has 1 heterocycles. The van der Waals surface area contributed by atoms with E-state index < -0.39 is 11.7 Å². The Morgan fingerprint density at radius 3 is 2.35 bits per heavy atom. The van der Waals surface area contributed by atoms with E-state index in [4.69, 9.17) is 0 Å². The van der Waals surface area contributed by atoms with Crippen molar-refractivity contribution >= 4 is 21.8 Å². The summed E-state index contributed by atoms with van der Waals surface area (Å²) in [6.45, 7) is 2.82. The van der Waals surface area contributed by atoms with Crippen LogP contribution in [-0.2, 0) is 12.7 Å². The lowest BCUT2D eigenvalue weighted by molar-refractivity contribution is -0.137. The molecule has 1 fully saturated rings. The third-order valence-electron chi connectivity index (χ3n) is 4.42. The van der Waals surface area contributed by atoms with Crippen LogP contribution < -0.4 is 0 Å². The topological polar surface area (TPSA) is 23.6 Å². The molecule has 0 atom stereocenters. The number of carbonyl (C=O) groups is 1. The fraction of sp³-hybridized carbons (Fsp3) is 0.316. The monoisotopic (exact) mass is 426 g/mol. The molecule has 0 spiro atoms. The Hall–Kier alpha value is -1.86. The molecule has 0 bridgehead atoms. The highest BCUT2D eigenvalue weighted by atomic mass is 79.9. The summed E-state index contributed by atoms with van der Waals surface area (Å²) in [6, 6.07) is 12.7. The zero-order valence-corrected chi connectivity index (χ0v) is 15.6. The molecule has 138 valence electrons. The van der Waals surface area contributed by atoms with E-state index in [1.165, 1.54) is 12.1 Å². The van der Waals surface area contributed by atoms with Crippen LogP contribution in [-0.4, -0.2) is 41.9 Å². The maximum Gasteiger partial charge on any atom is 0.416 e. The predicted molar refractivity (Wildman–Crippen MR) is 96.8 cm³/mol. The highest BCUT2D eigenvalue weighted by molar-refractivity contribution is 9.10. The molecule has 0 N–H and O–H groups in total. The van der Waals surface area contributed by atoms with Crippen molar-refractivity contribution in [2.75, 3.05) is 26.2 Å². The minimum Gasteiger partial charge on any atom is -0.336 e. The van der Waals surface area contributed by atoms with Crippen molar-refractivity contribution in [3.05, 3.63) is 69.7 Å². The summed E-state index contributed by atoms with van der Waals surface area (Å²) in [5.41, 5.74) is 0.627. The van der Waals surface area contributed by atoms with Gasteiger partial charge >= 0.3 is 6.18 Å². The summed E-state index contributed by atoms with van der Waals surface area (Å²) in [7, 11) is 0. The third-order valence-corrected chi connectivity index (χ3v) is 5.12. The zero-order chi connectivity index (χ0) is 18.7. The quantitative estimate of drug-likeness (QED) is 0.724. The van der Waals surface area contributed by atoms with Gasteiger partial charge in [0.15, 0.2) is 0 Å². The van der Waals surface area contributed by atoms with Gasteiger partial charge in [0.2, 0.25) is 0 Å². The highest BCUT2D eigenvalue weighted by Gasteiger charge is 2.30. The number of nitrogens with zero attached hydrogens (tertiary/aromatic N) is 2. The second-order valence-corrected chi connectivity index (χ2v) is 7.10. The normalized spacial score (nSPS) is 15.9. The van der Waals surface area contributed by atoms with Gasteiger partial charge < -0.3 is 4.90 Å². The Labute approximate surface area is 158 Å². The first kappa shape index (κ1) is 18.9. The molecule has 0 aliphatic carbocycles. The second kappa shape index (κ2) is 7.80. The molecule has 0 saturated carbocycles. The average molecular weight is 427 g/mol. The van der Waals surface area contributed by atoms with E-state index >= 15 is 0 Å². The molecule has 1 aliphatic heterocycles.